The van der Waals surface area contributed by atoms with Crippen molar-refractivity contribution in [2.45, 2.75) is 95.2 Å². The van der Waals surface area contributed by atoms with Gasteiger partial charge in [0.05, 0.1) is 26.2 Å². The van der Waals surface area contributed by atoms with Crippen molar-refractivity contribution in [1.29, 1.82) is 0 Å². The normalized spacial score (nSPS) is 15.4. The van der Waals surface area contributed by atoms with E-state index in [4.69, 9.17) is 0 Å². The van der Waals surface area contributed by atoms with Crippen LogP contribution in [0.3, 0.4) is 0 Å². The average Bonchev–Trinajstić information content (AvgIpc) is 2.73. The van der Waals surface area contributed by atoms with Crippen LogP contribution in [0.25, 0.3) is 0 Å². The monoisotopic (exact) mass is 581 g/mol. The highest BCUT2D eigenvalue weighted by Gasteiger charge is 2.84. The van der Waals surface area contributed by atoms with Gasteiger partial charge in [-0.25, -0.2) is 12.8 Å². The Kier molecular flexibility index (Phi) is 13.6. The number of hydrogen-bond acceptors (Lipinski definition) is 3. The summed E-state index contributed by atoms with van der Waals surface area (Å²) >= 11 is 0. The summed E-state index contributed by atoms with van der Waals surface area (Å²) in [7, 11) is -7.54. The molecule has 0 bridgehead atoms. The molecule has 0 aliphatic heterocycles. The predicted octanol–water partition coefficient (Wildman–Crippen LogP) is 6.76. The first-order chi connectivity index (χ1) is 15.9. The molecule has 220 valence electrons. The van der Waals surface area contributed by atoms with Crippen molar-refractivity contribution in [3.63, 3.8) is 0 Å². The van der Waals surface area contributed by atoms with Gasteiger partial charge in [-0.3, -0.25) is 0 Å². The van der Waals surface area contributed by atoms with Crippen LogP contribution < -0.4 is 0 Å². The molecular formula is C19H31F12NO3S. The van der Waals surface area contributed by atoms with E-state index in [1.807, 2.05) is 0 Å². The molecule has 4 nitrogen and oxygen atoms in total. The molecule has 0 amide bonds. The van der Waals surface area contributed by atoms with Crippen LogP contribution in [0.2, 0.25) is 0 Å². The minimum Gasteiger partial charge on any atom is -0.743 e. The lowest BCUT2D eigenvalue weighted by Crippen LogP contribution is -2.66. The fourth-order valence-electron chi connectivity index (χ4n) is 3.09. The van der Waals surface area contributed by atoms with E-state index in [0.29, 0.717) is 0 Å². The van der Waals surface area contributed by atoms with E-state index in [0.717, 1.165) is 0 Å². The molecule has 1 atom stereocenters. The van der Waals surface area contributed by atoms with E-state index < -0.39 is 77.6 Å². The van der Waals surface area contributed by atoms with Crippen LogP contribution in [0, 0.1) is 0 Å². The van der Waals surface area contributed by atoms with Crippen molar-refractivity contribution >= 4 is 10.1 Å². The fraction of sp³-hybridized carbons (Fsp3) is 1.00. The number of quaternary nitrogens is 1. The highest BCUT2D eigenvalue weighted by molar-refractivity contribution is 7.86. The van der Waals surface area contributed by atoms with Crippen LogP contribution in [0.4, 0.5) is 52.7 Å². The Hall–Kier alpha value is -0.970. The quantitative estimate of drug-likeness (QED) is 0.0986. The first-order valence-corrected chi connectivity index (χ1v) is 12.3. The van der Waals surface area contributed by atoms with Crippen LogP contribution >= 0.6 is 0 Å². The summed E-state index contributed by atoms with van der Waals surface area (Å²) in [4.78, 5) is 0. The molecule has 0 aliphatic carbocycles. The van der Waals surface area contributed by atoms with E-state index in [1.54, 1.807) is 0 Å². The number of rotatable bonds is 14. The van der Waals surface area contributed by atoms with E-state index in [2.05, 4.69) is 27.7 Å². The van der Waals surface area contributed by atoms with Gasteiger partial charge in [-0.15, -0.1) is 0 Å². The first-order valence-electron chi connectivity index (χ1n) is 10.9. The molecule has 0 radical (unpaired) electrons. The summed E-state index contributed by atoms with van der Waals surface area (Å²) in [6.07, 6.45) is -14.3. The standard InChI is InChI=1S/C11H12F12O3S.C8H20N/c12-6(4-2-1-3-5-7(13,14)15)8(16,17)9(18,19)10(20,21)11(22,23)27(24,25)26;1-5-9(6-2,7-3)8-4/h6H,1-5H2,(H,24,25,26);5-8H2,1-4H3/q;+1/p-1. The number of halogens is 12. The largest absolute Gasteiger partial charge is 0.743 e. The molecule has 0 rings (SSSR count). The highest BCUT2D eigenvalue weighted by Crippen LogP contribution is 2.55. The molecule has 0 heterocycles. The van der Waals surface area contributed by atoms with Gasteiger partial charge < -0.3 is 9.04 Å². The highest BCUT2D eigenvalue weighted by atomic mass is 32.2. The summed E-state index contributed by atoms with van der Waals surface area (Å²) in [5, 5.41) is -7.20. The van der Waals surface area contributed by atoms with Crippen LogP contribution in [-0.4, -0.2) is 79.0 Å². The molecule has 0 fully saturated rings. The molecule has 1 unspecified atom stereocenters. The summed E-state index contributed by atoms with van der Waals surface area (Å²) in [6.45, 7) is 14.2. The third-order valence-electron chi connectivity index (χ3n) is 5.99. The van der Waals surface area contributed by atoms with Crippen molar-refractivity contribution in [2.24, 2.45) is 0 Å². The topological polar surface area (TPSA) is 57.2 Å². The minimum atomic E-state index is -7.54. The Bertz CT molecular complexity index is 736. The molecule has 0 spiro atoms. The zero-order valence-corrected chi connectivity index (χ0v) is 20.9. The summed E-state index contributed by atoms with van der Waals surface area (Å²) in [6, 6.07) is 0. The zero-order valence-electron chi connectivity index (χ0n) is 20.1. The number of alkyl halides is 12. The number of unbranched alkanes of at least 4 members (excludes halogenated alkanes) is 2. The van der Waals surface area contributed by atoms with Gasteiger partial charge in [0.2, 0.25) is 0 Å². The van der Waals surface area contributed by atoms with Crippen LogP contribution in [0.1, 0.15) is 59.8 Å². The van der Waals surface area contributed by atoms with Crippen molar-refractivity contribution in [2.75, 3.05) is 26.2 Å². The zero-order chi connectivity index (χ0) is 29.4. The van der Waals surface area contributed by atoms with Crippen molar-refractivity contribution < 1.29 is 70.1 Å². The molecule has 17 heteroatoms. The molecular weight excluding hydrogens is 550 g/mol. The Labute approximate surface area is 202 Å². The Balaban J connectivity index is 0. The van der Waals surface area contributed by atoms with Gasteiger partial charge >= 0.3 is 29.2 Å². The summed E-state index contributed by atoms with van der Waals surface area (Å²) < 4.78 is 185. The lowest BCUT2D eigenvalue weighted by atomic mass is 9.96. The molecule has 0 saturated heterocycles. The maximum absolute atomic E-state index is 13.3. The Morgan fingerprint density at radius 1 is 0.694 bits per heavy atom. The van der Waals surface area contributed by atoms with Crippen LogP contribution in [0.15, 0.2) is 0 Å². The van der Waals surface area contributed by atoms with Crippen molar-refractivity contribution in [3.8, 4) is 0 Å². The summed E-state index contributed by atoms with van der Waals surface area (Å²) in [5.41, 5.74) is 0. The molecule has 0 aromatic carbocycles. The van der Waals surface area contributed by atoms with Gasteiger partial charge in [0.1, 0.15) is 0 Å². The molecule has 0 N–H and O–H groups in total. The van der Waals surface area contributed by atoms with Crippen molar-refractivity contribution in [3.05, 3.63) is 0 Å². The molecule has 0 saturated carbocycles. The molecule has 0 aromatic heterocycles. The Morgan fingerprint density at radius 3 is 1.36 bits per heavy atom. The molecule has 36 heavy (non-hydrogen) atoms. The number of hydrogen-bond donors (Lipinski definition) is 0. The van der Waals surface area contributed by atoms with Gasteiger partial charge in [-0.05, 0) is 40.5 Å². The van der Waals surface area contributed by atoms with Gasteiger partial charge in [-0.2, -0.15) is 48.3 Å². The van der Waals surface area contributed by atoms with Gasteiger partial charge in [0.25, 0.3) is 0 Å². The molecule has 0 aromatic rings. The summed E-state index contributed by atoms with van der Waals surface area (Å²) in [5.74, 6) is -21.4. The maximum atomic E-state index is 13.3. The van der Waals surface area contributed by atoms with Gasteiger partial charge in [0, 0.05) is 6.42 Å². The van der Waals surface area contributed by atoms with Crippen LogP contribution in [0.5, 0.6) is 0 Å². The second-order valence-electron chi connectivity index (χ2n) is 8.03. The second-order valence-corrected chi connectivity index (χ2v) is 9.45. The fourth-order valence-corrected chi connectivity index (χ4v) is 3.54. The second kappa shape index (κ2) is 13.2. The van der Waals surface area contributed by atoms with E-state index >= 15 is 0 Å². The van der Waals surface area contributed by atoms with Crippen LogP contribution in [-0.2, 0) is 10.1 Å². The first kappa shape index (κ1) is 37.2. The average molecular weight is 582 g/mol. The minimum absolute atomic E-state index is 0.636. The Morgan fingerprint density at radius 2 is 1.08 bits per heavy atom. The van der Waals surface area contributed by atoms with Crippen molar-refractivity contribution in [1.82, 2.24) is 0 Å². The van der Waals surface area contributed by atoms with Gasteiger partial charge in [0.15, 0.2) is 16.3 Å². The third kappa shape index (κ3) is 8.81. The third-order valence-corrected chi connectivity index (χ3v) is 6.87. The SMILES string of the molecule is CC[N+](CC)(CC)CC.O=S(=O)([O-])C(F)(F)C(F)(F)C(F)(F)C(F)(F)C(F)CCCCCC(F)(F)F. The van der Waals surface area contributed by atoms with E-state index in [-0.39, 0.29) is 0 Å². The predicted molar refractivity (Wildman–Crippen MR) is 106 cm³/mol. The molecule has 0 aliphatic rings. The van der Waals surface area contributed by atoms with E-state index in [1.165, 1.54) is 30.7 Å². The smallest absolute Gasteiger partial charge is 0.402 e. The number of nitrogens with zero attached hydrogens (tertiary/aromatic N) is 1. The van der Waals surface area contributed by atoms with Gasteiger partial charge in [-0.1, -0.05) is 12.8 Å². The lowest BCUT2D eigenvalue weighted by molar-refractivity contribution is -0.921. The maximum Gasteiger partial charge on any atom is 0.402 e. The lowest BCUT2D eigenvalue weighted by Gasteiger charge is -2.38. The van der Waals surface area contributed by atoms with E-state index in [9.17, 15) is 65.7 Å².